The Balaban J connectivity index is 2.80. The van der Waals surface area contributed by atoms with Crippen molar-refractivity contribution in [2.24, 2.45) is 0 Å². The molecule has 0 spiro atoms. The molecular weight excluding hydrogens is 250 g/mol. The molecule has 0 saturated carbocycles. The number of rotatable bonds is 4. The van der Waals surface area contributed by atoms with Crippen LogP contribution in [0.15, 0.2) is 18.3 Å². The van der Waals surface area contributed by atoms with E-state index in [0.717, 1.165) is 0 Å². The SMILES string of the molecule is C[C@H](Nc1ncccc1[N+](=O)[O-])C(=O)OC(C)(C)C. The van der Waals surface area contributed by atoms with Gasteiger partial charge in [-0.05, 0) is 33.8 Å². The first-order valence-corrected chi connectivity index (χ1v) is 5.79. The lowest BCUT2D eigenvalue weighted by Gasteiger charge is -2.22. The van der Waals surface area contributed by atoms with Crippen LogP contribution in [0, 0.1) is 10.1 Å². The second kappa shape index (κ2) is 5.64. The van der Waals surface area contributed by atoms with Crippen LogP contribution >= 0.6 is 0 Å². The van der Waals surface area contributed by atoms with Crippen molar-refractivity contribution >= 4 is 17.5 Å². The van der Waals surface area contributed by atoms with Crippen molar-refractivity contribution in [1.82, 2.24) is 4.98 Å². The Morgan fingerprint density at radius 1 is 1.53 bits per heavy atom. The van der Waals surface area contributed by atoms with Gasteiger partial charge in [-0.1, -0.05) is 0 Å². The summed E-state index contributed by atoms with van der Waals surface area (Å²) in [5.41, 5.74) is -0.791. The lowest BCUT2D eigenvalue weighted by Crippen LogP contribution is -2.34. The number of esters is 1. The number of pyridine rings is 1. The van der Waals surface area contributed by atoms with Crippen molar-refractivity contribution in [3.63, 3.8) is 0 Å². The normalized spacial score (nSPS) is 12.6. The number of hydrogen-bond acceptors (Lipinski definition) is 6. The van der Waals surface area contributed by atoms with Crippen LogP contribution in [0.3, 0.4) is 0 Å². The summed E-state index contributed by atoms with van der Waals surface area (Å²) in [6.07, 6.45) is 1.41. The molecule has 0 saturated heterocycles. The van der Waals surface area contributed by atoms with Gasteiger partial charge < -0.3 is 10.1 Å². The van der Waals surface area contributed by atoms with E-state index in [-0.39, 0.29) is 11.5 Å². The lowest BCUT2D eigenvalue weighted by atomic mass is 10.2. The fourth-order valence-electron chi connectivity index (χ4n) is 1.31. The molecule has 104 valence electrons. The zero-order valence-electron chi connectivity index (χ0n) is 11.3. The maximum atomic E-state index is 11.8. The van der Waals surface area contributed by atoms with E-state index in [0.29, 0.717) is 0 Å². The van der Waals surface area contributed by atoms with Gasteiger partial charge >= 0.3 is 11.7 Å². The second-order valence-electron chi connectivity index (χ2n) is 5.03. The lowest BCUT2D eigenvalue weighted by molar-refractivity contribution is -0.384. The van der Waals surface area contributed by atoms with Gasteiger partial charge in [0.1, 0.15) is 11.6 Å². The first kappa shape index (κ1) is 14.9. The molecule has 1 rings (SSSR count). The van der Waals surface area contributed by atoms with Crippen LogP contribution in [0.2, 0.25) is 0 Å². The molecule has 1 aromatic heterocycles. The Kier molecular flexibility index (Phi) is 4.42. The predicted octanol–water partition coefficient (Wildman–Crippen LogP) is 2.13. The van der Waals surface area contributed by atoms with Crippen molar-refractivity contribution in [1.29, 1.82) is 0 Å². The summed E-state index contributed by atoms with van der Waals surface area (Å²) in [5, 5.41) is 13.5. The summed E-state index contributed by atoms with van der Waals surface area (Å²) < 4.78 is 5.17. The summed E-state index contributed by atoms with van der Waals surface area (Å²) in [6, 6.07) is 2.05. The fourth-order valence-corrected chi connectivity index (χ4v) is 1.31. The van der Waals surface area contributed by atoms with E-state index < -0.39 is 22.5 Å². The molecule has 7 nitrogen and oxygen atoms in total. The highest BCUT2D eigenvalue weighted by molar-refractivity contribution is 5.79. The van der Waals surface area contributed by atoms with Gasteiger partial charge in [-0.15, -0.1) is 0 Å². The largest absolute Gasteiger partial charge is 0.458 e. The van der Waals surface area contributed by atoms with Gasteiger partial charge in [0.05, 0.1) is 4.92 Å². The Hall–Kier alpha value is -2.18. The van der Waals surface area contributed by atoms with Gasteiger partial charge in [-0.3, -0.25) is 10.1 Å². The highest BCUT2D eigenvalue weighted by atomic mass is 16.6. The van der Waals surface area contributed by atoms with Crippen LogP contribution in [-0.2, 0) is 9.53 Å². The van der Waals surface area contributed by atoms with Gasteiger partial charge in [0.15, 0.2) is 0 Å². The summed E-state index contributed by atoms with van der Waals surface area (Å²) >= 11 is 0. The van der Waals surface area contributed by atoms with Gasteiger partial charge in [-0.25, -0.2) is 9.78 Å². The minimum Gasteiger partial charge on any atom is -0.458 e. The molecule has 1 atom stereocenters. The number of aromatic nitrogens is 1. The van der Waals surface area contributed by atoms with Crippen molar-refractivity contribution in [3.8, 4) is 0 Å². The average molecular weight is 267 g/mol. The molecule has 1 aromatic rings. The van der Waals surface area contributed by atoms with E-state index in [1.807, 2.05) is 0 Å². The van der Waals surface area contributed by atoms with Crippen LogP contribution in [0.25, 0.3) is 0 Å². The van der Waals surface area contributed by atoms with Gasteiger partial charge in [0.25, 0.3) is 0 Å². The van der Waals surface area contributed by atoms with Crippen LogP contribution in [0.1, 0.15) is 27.7 Å². The molecule has 1 N–H and O–H groups in total. The molecule has 0 amide bonds. The molecule has 0 aliphatic rings. The maximum absolute atomic E-state index is 11.8. The third-order valence-corrected chi connectivity index (χ3v) is 2.10. The first-order chi connectivity index (χ1) is 8.70. The third-order valence-electron chi connectivity index (χ3n) is 2.10. The molecule has 0 radical (unpaired) electrons. The molecule has 1 heterocycles. The third kappa shape index (κ3) is 4.53. The highest BCUT2D eigenvalue weighted by Gasteiger charge is 2.24. The summed E-state index contributed by atoms with van der Waals surface area (Å²) in [5.74, 6) is -0.446. The van der Waals surface area contributed by atoms with Crippen LogP contribution in [0.4, 0.5) is 11.5 Å². The van der Waals surface area contributed by atoms with Crippen LogP contribution in [0.5, 0.6) is 0 Å². The van der Waals surface area contributed by atoms with Crippen molar-refractivity contribution in [3.05, 3.63) is 28.4 Å². The van der Waals surface area contributed by atoms with Gasteiger partial charge in [-0.2, -0.15) is 0 Å². The van der Waals surface area contributed by atoms with E-state index in [1.54, 1.807) is 27.7 Å². The molecule has 0 unspecified atom stereocenters. The minimum atomic E-state index is -0.729. The average Bonchev–Trinajstić information content (AvgIpc) is 2.27. The van der Waals surface area contributed by atoms with Crippen LogP contribution in [-0.4, -0.2) is 27.5 Å². The topological polar surface area (TPSA) is 94.4 Å². The molecule has 7 heteroatoms. The number of ether oxygens (including phenoxy) is 1. The Morgan fingerprint density at radius 2 is 2.16 bits per heavy atom. The summed E-state index contributed by atoms with van der Waals surface area (Å²) in [4.78, 5) is 25.9. The number of anilines is 1. The first-order valence-electron chi connectivity index (χ1n) is 5.79. The van der Waals surface area contributed by atoms with E-state index in [4.69, 9.17) is 4.74 Å². The molecule has 0 aliphatic heterocycles. The summed E-state index contributed by atoms with van der Waals surface area (Å²) in [6.45, 7) is 6.81. The highest BCUT2D eigenvalue weighted by Crippen LogP contribution is 2.21. The molecule has 0 fully saturated rings. The standard InChI is InChI=1S/C12H17N3O4/c1-8(11(16)19-12(2,3)4)14-10-9(15(17)18)6-5-7-13-10/h5-8H,1-4H3,(H,13,14)/t8-/m0/s1. The van der Waals surface area contributed by atoms with E-state index in [2.05, 4.69) is 10.3 Å². The predicted molar refractivity (Wildman–Crippen MR) is 69.8 cm³/mol. The number of hydrogen-bond donors (Lipinski definition) is 1. The number of nitro groups is 1. The second-order valence-corrected chi connectivity index (χ2v) is 5.03. The maximum Gasteiger partial charge on any atom is 0.328 e. The number of nitrogens with zero attached hydrogens (tertiary/aromatic N) is 2. The molecule has 0 bridgehead atoms. The Labute approximate surface area is 111 Å². The van der Waals surface area contributed by atoms with Gasteiger partial charge in [0, 0.05) is 12.3 Å². The van der Waals surface area contributed by atoms with E-state index >= 15 is 0 Å². The zero-order chi connectivity index (χ0) is 14.6. The zero-order valence-corrected chi connectivity index (χ0v) is 11.3. The van der Waals surface area contributed by atoms with Crippen molar-refractivity contribution in [2.75, 3.05) is 5.32 Å². The van der Waals surface area contributed by atoms with Gasteiger partial charge in [0.2, 0.25) is 5.82 Å². The summed E-state index contributed by atoms with van der Waals surface area (Å²) in [7, 11) is 0. The number of nitrogens with one attached hydrogen (secondary N) is 1. The molecular formula is C12H17N3O4. The number of carbonyl (C=O) groups is 1. The fraction of sp³-hybridized carbons (Fsp3) is 0.500. The van der Waals surface area contributed by atoms with Crippen molar-refractivity contribution in [2.45, 2.75) is 39.3 Å². The Bertz CT molecular complexity index is 482. The van der Waals surface area contributed by atoms with E-state index in [1.165, 1.54) is 18.3 Å². The monoisotopic (exact) mass is 267 g/mol. The quantitative estimate of drug-likeness (QED) is 0.510. The minimum absolute atomic E-state index is 0.0471. The smallest absolute Gasteiger partial charge is 0.328 e. The molecule has 0 aromatic carbocycles. The molecule has 19 heavy (non-hydrogen) atoms. The van der Waals surface area contributed by atoms with E-state index in [9.17, 15) is 14.9 Å². The molecule has 0 aliphatic carbocycles. The number of carbonyl (C=O) groups excluding carboxylic acids is 1. The Morgan fingerprint density at radius 3 is 2.68 bits per heavy atom. The van der Waals surface area contributed by atoms with Crippen LogP contribution < -0.4 is 5.32 Å². The van der Waals surface area contributed by atoms with Crippen molar-refractivity contribution < 1.29 is 14.5 Å².